The smallest absolute Gasteiger partial charge is 0.421 e. The van der Waals surface area contributed by atoms with Crippen LogP contribution in [0.2, 0.25) is 0 Å². The zero-order chi connectivity index (χ0) is 26.9. The van der Waals surface area contributed by atoms with Gasteiger partial charge in [-0.25, -0.2) is 18.2 Å². The minimum absolute atomic E-state index is 0.0206. The molecule has 0 aliphatic heterocycles. The number of aromatic nitrogens is 2. The van der Waals surface area contributed by atoms with Crippen LogP contribution in [0, 0.1) is 6.92 Å². The molecule has 0 spiro atoms. The highest BCUT2D eigenvalue weighted by Gasteiger charge is 2.33. The first-order chi connectivity index (χ1) is 17.5. The number of aryl methyl sites for hydroxylation is 2. The number of nitrogens with zero attached hydrogens (tertiary/aromatic N) is 3. The number of amides is 1. The van der Waals surface area contributed by atoms with Crippen LogP contribution >= 0.6 is 0 Å². The highest BCUT2D eigenvalue weighted by atomic mass is 32.2. The van der Waals surface area contributed by atoms with Gasteiger partial charge in [0.1, 0.15) is 5.82 Å². The van der Waals surface area contributed by atoms with Crippen LogP contribution < -0.4 is 0 Å². The van der Waals surface area contributed by atoms with E-state index in [-0.39, 0.29) is 17.1 Å². The van der Waals surface area contributed by atoms with Crippen LogP contribution in [0.1, 0.15) is 48.1 Å². The van der Waals surface area contributed by atoms with E-state index in [2.05, 4.69) is 0 Å². The fourth-order valence-corrected chi connectivity index (χ4v) is 5.89. The van der Waals surface area contributed by atoms with Gasteiger partial charge >= 0.3 is 6.09 Å². The van der Waals surface area contributed by atoms with Crippen LogP contribution in [0.15, 0.2) is 71.6 Å². The van der Waals surface area contributed by atoms with Gasteiger partial charge in [0.2, 0.25) is 0 Å². The summed E-state index contributed by atoms with van der Waals surface area (Å²) >= 11 is 0. The number of rotatable bonds is 8. The highest BCUT2D eigenvalue weighted by molar-refractivity contribution is 7.89. The van der Waals surface area contributed by atoms with Crippen LogP contribution in [-0.2, 0) is 22.9 Å². The molecule has 192 valence electrons. The van der Waals surface area contributed by atoms with E-state index < -0.39 is 22.2 Å². The molecular formula is C28H29N3O5S. The van der Waals surface area contributed by atoms with E-state index in [1.165, 1.54) is 19.1 Å². The number of benzene rings is 3. The Morgan fingerprint density at radius 3 is 2.24 bits per heavy atom. The molecule has 0 saturated carbocycles. The van der Waals surface area contributed by atoms with E-state index in [1.807, 2.05) is 48.7 Å². The molecule has 0 fully saturated rings. The van der Waals surface area contributed by atoms with Gasteiger partial charge in [-0.15, -0.1) is 0 Å². The summed E-state index contributed by atoms with van der Waals surface area (Å²) in [5.41, 5.74) is 4.76. The second kappa shape index (κ2) is 10.2. The van der Waals surface area contributed by atoms with Crippen molar-refractivity contribution < 1.29 is 23.1 Å². The summed E-state index contributed by atoms with van der Waals surface area (Å²) in [4.78, 5) is 28.4. The molecule has 1 atom stereocenters. The number of imidazole rings is 1. The minimum Gasteiger partial charge on any atom is -0.464 e. The van der Waals surface area contributed by atoms with Crippen molar-refractivity contribution in [2.24, 2.45) is 0 Å². The average Bonchev–Trinajstić information content (AvgIpc) is 3.22. The summed E-state index contributed by atoms with van der Waals surface area (Å²) < 4.78 is 28.8. The molecule has 0 unspecified atom stereocenters. The minimum atomic E-state index is -4.23. The standard InChI is InChI=1S/C28H29N3O5S/c1-5-27-29-25-17-22(20(4)32)10-15-26(25)30(27)23-11-8-21(9-12-23)16-19(3)31(28(33)34)37(35,36)24-13-6-18(2)7-14-24/h6-15,17,19H,5,16H2,1-4H3,(H,33,34)/t19-/m1/s1. The third-order valence-corrected chi connectivity index (χ3v) is 8.24. The number of carbonyl (C=O) groups excluding carboxylic acids is 1. The number of carbonyl (C=O) groups is 2. The molecule has 0 aliphatic rings. The van der Waals surface area contributed by atoms with Crippen LogP contribution in [0.5, 0.6) is 0 Å². The summed E-state index contributed by atoms with van der Waals surface area (Å²) in [6, 6.07) is 18.3. The van der Waals surface area contributed by atoms with E-state index >= 15 is 0 Å². The Morgan fingerprint density at radius 2 is 1.68 bits per heavy atom. The number of fused-ring (bicyclic) bond motifs is 1. The third kappa shape index (κ3) is 5.13. The van der Waals surface area contributed by atoms with Gasteiger partial charge in [-0.05, 0) is 75.2 Å². The zero-order valence-electron chi connectivity index (χ0n) is 21.2. The Labute approximate surface area is 216 Å². The van der Waals surface area contributed by atoms with Crippen molar-refractivity contribution >= 4 is 32.9 Å². The Hall–Kier alpha value is -3.98. The molecule has 1 heterocycles. The van der Waals surface area contributed by atoms with Crippen molar-refractivity contribution in [1.82, 2.24) is 13.9 Å². The molecule has 1 amide bonds. The molecule has 3 aromatic carbocycles. The van der Waals surface area contributed by atoms with Gasteiger partial charge in [0.25, 0.3) is 10.0 Å². The molecule has 0 bridgehead atoms. The molecule has 0 radical (unpaired) electrons. The fourth-order valence-electron chi connectivity index (χ4n) is 4.43. The number of sulfonamides is 1. The van der Waals surface area contributed by atoms with Crippen LogP contribution in [0.25, 0.3) is 16.7 Å². The van der Waals surface area contributed by atoms with Gasteiger partial charge in [-0.2, -0.15) is 4.31 Å². The van der Waals surface area contributed by atoms with Crippen LogP contribution in [0.3, 0.4) is 0 Å². The maximum absolute atomic E-state index is 13.1. The number of ketones is 1. The molecule has 4 rings (SSSR count). The zero-order valence-corrected chi connectivity index (χ0v) is 22.0. The van der Waals surface area contributed by atoms with Crippen LogP contribution in [0.4, 0.5) is 4.79 Å². The van der Waals surface area contributed by atoms with Gasteiger partial charge in [-0.1, -0.05) is 36.8 Å². The summed E-state index contributed by atoms with van der Waals surface area (Å²) in [6.45, 7) is 6.95. The first-order valence-electron chi connectivity index (χ1n) is 12.0. The van der Waals surface area contributed by atoms with Crippen molar-refractivity contribution in [2.45, 2.75) is 51.5 Å². The fraction of sp³-hybridized carbons (Fsp3) is 0.250. The topological polar surface area (TPSA) is 110 Å². The summed E-state index contributed by atoms with van der Waals surface area (Å²) in [5.74, 6) is 0.825. The van der Waals surface area contributed by atoms with Gasteiger partial charge in [0, 0.05) is 17.7 Å². The van der Waals surface area contributed by atoms with E-state index in [0.29, 0.717) is 16.3 Å². The normalized spacial score (nSPS) is 12.4. The number of hydrogen-bond acceptors (Lipinski definition) is 5. The van der Waals surface area contributed by atoms with E-state index in [0.717, 1.165) is 33.7 Å². The maximum atomic E-state index is 13.1. The van der Waals surface area contributed by atoms with Crippen molar-refractivity contribution in [3.63, 3.8) is 0 Å². The lowest BCUT2D eigenvalue weighted by Gasteiger charge is -2.26. The Kier molecular flexibility index (Phi) is 7.18. The van der Waals surface area contributed by atoms with Crippen molar-refractivity contribution in [3.05, 3.63) is 89.2 Å². The number of carboxylic acid groups (broad SMARTS) is 1. The van der Waals surface area contributed by atoms with Crippen molar-refractivity contribution in [3.8, 4) is 5.69 Å². The van der Waals surface area contributed by atoms with Gasteiger partial charge in [-0.3, -0.25) is 9.36 Å². The first kappa shape index (κ1) is 26.1. The Balaban J connectivity index is 1.62. The second-order valence-corrected chi connectivity index (χ2v) is 10.9. The predicted molar refractivity (Wildman–Crippen MR) is 142 cm³/mol. The molecule has 0 aliphatic carbocycles. The first-order valence-corrected chi connectivity index (χ1v) is 13.4. The Morgan fingerprint density at radius 1 is 1.03 bits per heavy atom. The van der Waals surface area contributed by atoms with Gasteiger partial charge in [0.05, 0.1) is 22.0 Å². The summed E-state index contributed by atoms with van der Waals surface area (Å²) in [5, 5.41) is 9.77. The third-order valence-electron chi connectivity index (χ3n) is 6.34. The van der Waals surface area contributed by atoms with Crippen molar-refractivity contribution in [2.75, 3.05) is 0 Å². The molecule has 37 heavy (non-hydrogen) atoms. The maximum Gasteiger partial charge on any atom is 0.421 e. The number of Topliss-reactive ketones (excluding diaryl/α,β-unsaturated/α-hetero) is 1. The van der Waals surface area contributed by atoms with E-state index in [4.69, 9.17) is 4.98 Å². The van der Waals surface area contributed by atoms with Crippen LogP contribution in [-0.4, -0.2) is 45.3 Å². The molecule has 4 aromatic rings. The molecule has 9 heteroatoms. The lowest BCUT2D eigenvalue weighted by Crippen LogP contribution is -2.43. The molecular weight excluding hydrogens is 490 g/mol. The average molecular weight is 520 g/mol. The van der Waals surface area contributed by atoms with Gasteiger partial charge < -0.3 is 5.11 Å². The predicted octanol–water partition coefficient (Wildman–Crippen LogP) is 5.40. The largest absolute Gasteiger partial charge is 0.464 e. The lowest BCUT2D eigenvalue weighted by molar-refractivity contribution is 0.101. The Bertz CT molecular complexity index is 1570. The lowest BCUT2D eigenvalue weighted by atomic mass is 10.1. The number of hydrogen-bond donors (Lipinski definition) is 1. The molecule has 1 N–H and O–H groups in total. The monoisotopic (exact) mass is 519 g/mol. The van der Waals surface area contributed by atoms with Gasteiger partial charge in [0.15, 0.2) is 5.78 Å². The molecule has 1 aromatic heterocycles. The van der Waals surface area contributed by atoms with Crippen molar-refractivity contribution in [1.29, 1.82) is 0 Å². The molecule has 8 nitrogen and oxygen atoms in total. The SMILES string of the molecule is CCc1nc2cc(C(C)=O)ccc2n1-c1ccc(C[C@@H](C)N(C(=O)O)S(=O)(=O)c2ccc(C)cc2)cc1. The second-order valence-electron chi connectivity index (χ2n) is 9.09. The summed E-state index contributed by atoms with van der Waals surface area (Å²) in [6.07, 6.45) is -0.620. The van der Waals surface area contributed by atoms with E-state index in [9.17, 15) is 23.1 Å². The summed E-state index contributed by atoms with van der Waals surface area (Å²) in [7, 11) is -4.23. The van der Waals surface area contributed by atoms with E-state index in [1.54, 1.807) is 31.2 Å². The quantitative estimate of drug-likeness (QED) is 0.312. The highest BCUT2D eigenvalue weighted by Crippen LogP contribution is 2.25. The molecule has 0 saturated heterocycles.